The van der Waals surface area contributed by atoms with Gasteiger partial charge in [-0.15, -0.1) is 0 Å². The number of hydrogen-bond donors (Lipinski definition) is 0. The predicted molar refractivity (Wildman–Crippen MR) is 74.3 cm³/mol. The summed E-state index contributed by atoms with van der Waals surface area (Å²) in [5, 5.41) is 8.64. The Bertz CT molecular complexity index is 584. The molecule has 0 radical (unpaired) electrons. The van der Waals surface area contributed by atoms with Crippen LogP contribution in [-0.4, -0.2) is 13.7 Å². The highest BCUT2D eigenvalue weighted by Crippen LogP contribution is 2.35. The van der Waals surface area contributed by atoms with Crippen molar-refractivity contribution in [3.8, 4) is 6.07 Å². The number of hydrogen-bond acceptors (Lipinski definition) is 3. The van der Waals surface area contributed by atoms with Crippen molar-refractivity contribution in [1.82, 2.24) is 0 Å². The van der Waals surface area contributed by atoms with Crippen LogP contribution in [0.3, 0.4) is 0 Å². The lowest BCUT2D eigenvalue weighted by Gasteiger charge is -2.30. The Balaban J connectivity index is 2.37. The molecule has 1 saturated carbocycles. The van der Waals surface area contributed by atoms with E-state index in [1.54, 1.807) is 24.3 Å². The zero-order valence-corrected chi connectivity index (χ0v) is 12.2. The molecule has 0 bridgehead atoms. The molecule has 1 aromatic carbocycles. The van der Waals surface area contributed by atoms with Gasteiger partial charge >= 0.3 is 0 Å². The zero-order chi connectivity index (χ0) is 14.0. The second kappa shape index (κ2) is 5.34. The maximum absolute atomic E-state index is 12.7. The van der Waals surface area contributed by atoms with Crippen LogP contribution in [0.15, 0.2) is 29.2 Å². The molecule has 0 amide bonds. The van der Waals surface area contributed by atoms with Crippen LogP contribution in [0, 0.1) is 30.1 Å². The topological polar surface area (TPSA) is 57.9 Å². The first-order chi connectivity index (χ1) is 8.95. The first-order valence-electron chi connectivity index (χ1n) is 6.65. The minimum Gasteiger partial charge on any atom is -0.223 e. The van der Waals surface area contributed by atoms with Gasteiger partial charge in [-0.05, 0) is 44.2 Å². The van der Waals surface area contributed by atoms with E-state index in [0.717, 1.165) is 12.0 Å². The Morgan fingerprint density at radius 1 is 1.21 bits per heavy atom. The summed E-state index contributed by atoms with van der Waals surface area (Å²) in [5.74, 6) is -0.00248. The summed E-state index contributed by atoms with van der Waals surface area (Å²) < 4.78 is 25.3. The van der Waals surface area contributed by atoms with E-state index in [2.05, 4.69) is 13.0 Å². The third-order valence-electron chi connectivity index (χ3n) is 3.97. The molecule has 19 heavy (non-hydrogen) atoms. The monoisotopic (exact) mass is 277 g/mol. The molecule has 1 aliphatic rings. The molecule has 2 rings (SSSR count). The summed E-state index contributed by atoms with van der Waals surface area (Å²) in [6.45, 7) is 3.99. The highest BCUT2D eigenvalue weighted by atomic mass is 32.2. The molecule has 1 fully saturated rings. The normalized spacial score (nSPS) is 27.7. The van der Waals surface area contributed by atoms with Gasteiger partial charge in [-0.25, -0.2) is 8.42 Å². The Kier molecular flexibility index (Phi) is 3.96. The zero-order valence-electron chi connectivity index (χ0n) is 11.3. The van der Waals surface area contributed by atoms with Gasteiger partial charge in [0.2, 0.25) is 0 Å². The van der Waals surface area contributed by atoms with Crippen LogP contribution >= 0.6 is 0 Å². The third kappa shape index (κ3) is 2.82. The van der Waals surface area contributed by atoms with E-state index in [4.69, 9.17) is 0 Å². The summed E-state index contributed by atoms with van der Waals surface area (Å²) in [6.07, 6.45) is 2.22. The predicted octanol–water partition coefficient (Wildman–Crippen LogP) is 3.10. The number of aryl methyl sites for hydroxylation is 1. The van der Waals surface area contributed by atoms with Gasteiger partial charge in [0.05, 0.1) is 22.1 Å². The summed E-state index contributed by atoms with van der Waals surface area (Å²) in [6, 6.07) is 9.10. The molecular formula is C15H19NO2S. The number of sulfone groups is 1. The lowest BCUT2D eigenvalue weighted by molar-refractivity contribution is 0.335. The van der Waals surface area contributed by atoms with E-state index in [-0.39, 0.29) is 5.92 Å². The van der Waals surface area contributed by atoms with Crippen LogP contribution < -0.4 is 0 Å². The molecule has 102 valence electrons. The maximum atomic E-state index is 12.7. The van der Waals surface area contributed by atoms with Gasteiger partial charge < -0.3 is 0 Å². The van der Waals surface area contributed by atoms with Crippen LogP contribution in [0.4, 0.5) is 0 Å². The van der Waals surface area contributed by atoms with Crippen molar-refractivity contribution in [1.29, 1.82) is 5.26 Å². The molecule has 1 aromatic rings. The van der Waals surface area contributed by atoms with Crippen LogP contribution in [0.2, 0.25) is 0 Å². The molecule has 1 aliphatic carbocycles. The minimum absolute atomic E-state index is 0.345. The SMILES string of the molecule is Cc1ccc(S(=O)(=O)C2CC(C)CCC2C#N)cc1. The summed E-state index contributed by atoms with van der Waals surface area (Å²) in [4.78, 5) is 0.345. The lowest BCUT2D eigenvalue weighted by Crippen LogP contribution is -2.35. The van der Waals surface area contributed by atoms with Crippen molar-refractivity contribution in [3.05, 3.63) is 29.8 Å². The second-order valence-electron chi connectivity index (χ2n) is 5.55. The fraction of sp³-hybridized carbons (Fsp3) is 0.533. The molecule has 0 N–H and O–H groups in total. The van der Waals surface area contributed by atoms with E-state index in [0.29, 0.717) is 23.7 Å². The smallest absolute Gasteiger partial charge is 0.182 e. The molecule has 3 nitrogen and oxygen atoms in total. The van der Waals surface area contributed by atoms with E-state index >= 15 is 0 Å². The van der Waals surface area contributed by atoms with Gasteiger partial charge in [0.1, 0.15) is 0 Å². The lowest BCUT2D eigenvalue weighted by atomic mass is 9.83. The highest BCUT2D eigenvalue weighted by molar-refractivity contribution is 7.92. The average Bonchev–Trinajstić information content (AvgIpc) is 2.39. The number of nitrogens with zero attached hydrogens (tertiary/aromatic N) is 1. The molecule has 4 heteroatoms. The fourth-order valence-corrected chi connectivity index (χ4v) is 4.80. The molecular weight excluding hydrogens is 258 g/mol. The van der Waals surface area contributed by atoms with Crippen molar-refractivity contribution >= 4 is 9.84 Å². The van der Waals surface area contributed by atoms with Crippen molar-refractivity contribution in [2.45, 2.75) is 43.3 Å². The average molecular weight is 277 g/mol. The van der Waals surface area contributed by atoms with Crippen LogP contribution in [-0.2, 0) is 9.84 Å². The molecule has 0 saturated heterocycles. The largest absolute Gasteiger partial charge is 0.223 e. The fourth-order valence-electron chi connectivity index (χ4n) is 2.72. The van der Waals surface area contributed by atoms with Gasteiger partial charge in [0.15, 0.2) is 9.84 Å². The Labute approximate surface area is 115 Å². The standard InChI is InChI=1S/C15H19NO2S/c1-11-4-7-14(8-5-11)19(17,18)15-9-12(2)3-6-13(15)10-16/h4-5,7-8,12-13,15H,3,6,9H2,1-2H3. The highest BCUT2D eigenvalue weighted by Gasteiger charge is 2.38. The number of benzene rings is 1. The van der Waals surface area contributed by atoms with Crippen LogP contribution in [0.25, 0.3) is 0 Å². The Morgan fingerprint density at radius 2 is 1.84 bits per heavy atom. The van der Waals surface area contributed by atoms with E-state index < -0.39 is 15.1 Å². The molecule has 3 atom stereocenters. The first-order valence-corrected chi connectivity index (χ1v) is 8.20. The van der Waals surface area contributed by atoms with Gasteiger partial charge in [-0.2, -0.15) is 5.26 Å². The Hall–Kier alpha value is -1.34. The third-order valence-corrected chi connectivity index (χ3v) is 6.22. The van der Waals surface area contributed by atoms with Gasteiger partial charge in [0, 0.05) is 0 Å². The van der Waals surface area contributed by atoms with Gasteiger partial charge in [-0.3, -0.25) is 0 Å². The minimum atomic E-state index is -3.40. The van der Waals surface area contributed by atoms with Gasteiger partial charge in [-0.1, -0.05) is 24.6 Å². The number of nitriles is 1. The Morgan fingerprint density at radius 3 is 2.42 bits per heavy atom. The summed E-state index contributed by atoms with van der Waals surface area (Å²) in [5.41, 5.74) is 1.03. The number of rotatable bonds is 2. The van der Waals surface area contributed by atoms with E-state index in [9.17, 15) is 13.7 Å². The van der Waals surface area contributed by atoms with E-state index in [1.807, 2.05) is 6.92 Å². The second-order valence-corrected chi connectivity index (χ2v) is 7.72. The molecule has 0 aromatic heterocycles. The van der Waals surface area contributed by atoms with Crippen molar-refractivity contribution in [2.75, 3.05) is 0 Å². The molecule has 3 unspecified atom stereocenters. The van der Waals surface area contributed by atoms with Crippen molar-refractivity contribution in [3.63, 3.8) is 0 Å². The molecule has 0 aliphatic heterocycles. The molecule has 0 heterocycles. The maximum Gasteiger partial charge on any atom is 0.182 e. The molecule has 0 spiro atoms. The van der Waals surface area contributed by atoms with Crippen molar-refractivity contribution in [2.24, 2.45) is 11.8 Å². The quantitative estimate of drug-likeness (QED) is 0.834. The summed E-state index contributed by atoms with van der Waals surface area (Å²) in [7, 11) is -3.40. The van der Waals surface area contributed by atoms with Crippen LogP contribution in [0.1, 0.15) is 31.7 Å². The van der Waals surface area contributed by atoms with Crippen molar-refractivity contribution < 1.29 is 8.42 Å². The summed E-state index contributed by atoms with van der Waals surface area (Å²) >= 11 is 0. The first kappa shape index (κ1) is 14.1. The van der Waals surface area contributed by atoms with Gasteiger partial charge in [0.25, 0.3) is 0 Å². The van der Waals surface area contributed by atoms with Crippen LogP contribution in [0.5, 0.6) is 0 Å². The van der Waals surface area contributed by atoms with E-state index in [1.165, 1.54) is 0 Å².